The van der Waals surface area contributed by atoms with E-state index in [-0.39, 0.29) is 0 Å². The fourth-order valence-corrected chi connectivity index (χ4v) is 4.08. The van der Waals surface area contributed by atoms with Gasteiger partial charge < -0.3 is 15.0 Å². The minimum atomic E-state index is 0.404. The zero-order chi connectivity index (χ0) is 20.7. The van der Waals surface area contributed by atoms with E-state index in [2.05, 4.69) is 63.8 Å². The summed E-state index contributed by atoms with van der Waals surface area (Å²) in [6.07, 6.45) is 1.86. The van der Waals surface area contributed by atoms with E-state index in [1.807, 2.05) is 19.2 Å². The van der Waals surface area contributed by atoms with Crippen LogP contribution in [-0.2, 0) is 4.74 Å². The Labute approximate surface area is 175 Å². The highest BCUT2D eigenvalue weighted by molar-refractivity contribution is 5.80. The Morgan fingerprint density at radius 3 is 2.57 bits per heavy atom. The summed E-state index contributed by atoms with van der Waals surface area (Å²) >= 11 is 0. The van der Waals surface area contributed by atoms with Crippen molar-refractivity contribution in [3.63, 3.8) is 0 Å². The Morgan fingerprint density at radius 2 is 1.80 bits per heavy atom. The van der Waals surface area contributed by atoms with Crippen LogP contribution in [0.5, 0.6) is 0 Å². The van der Waals surface area contributed by atoms with Crippen LogP contribution in [0.15, 0.2) is 42.6 Å². The van der Waals surface area contributed by atoms with Crippen LogP contribution in [-0.4, -0.2) is 45.7 Å². The molecule has 1 fully saturated rings. The van der Waals surface area contributed by atoms with Gasteiger partial charge in [0.1, 0.15) is 11.5 Å². The highest BCUT2D eigenvalue weighted by Gasteiger charge is 2.15. The van der Waals surface area contributed by atoms with E-state index >= 15 is 0 Å². The Balaban J connectivity index is 1.48. The van der Waals surface area contributed by atoms with E-state index in [0.717, 1.165) is 60.1 Å². The lowest BCUT2D eigenvalue weighted by Crippen LogP contribution is -2.36. The second kappa shape index (κ2) is 7.57. The van der Waals surface area contributed by atoms with Crippen molar-refractivity contribution in [2.75, 3.05) is 36.5 Å². The molecule has 0 atom stereocenters. The minimum Gasteiger partial charge on any atom is -0.378 e. The van der Waals surface area contributed by atoms with Crippen molar-refractivity contribution in [2.24, 2.45) is 0 Å². The van der Waals surface area contributed by atoms with Crippen molar-refractivity contribution in [1.82, 2.24) is 19.4 Å². The highest BCUT2D eigenvalue weighted by Crippen LogP contribution is 2.26. The number of nitrogens with one attached hydrogen (secondary N) is 1. The van der Waals surface area contributed by atoms with Gasteiger partial charge in [-0.1, -0.05) is 13.8 Å². The third kappa shape index (κ3) is 3.35. The van der Waals surface area contributed by atoms with Crippen LogP contribution >= 0.6 is 0 Å². The smallest absolute Gasteiger partial charge is 0.230 e. The van der Waals surface area contributed by atoms with Crippen LogP contribution in [0.3, 0.4) is 0 Å². The van der Waals surface area contributed by atoms with Crippen LogP contribution in [0.1, 0.15) is 31.2 Å². The summed E-state index contributed by atoms with van der Waals surface area (Å²) in [5.41, 5.74) is 5.42. The van der Waals surface area contributed by atoms with Gasteiger partial charge >= 0.3 is 0 Å². The van der Waals surface area contributed by atoms with Gasteiger partial charge in [-0.3, -0.25) is 4.40 Å². The molecule has 0 bridgehead atoms. The number of pyridine rings is 2. The Kier molecular flexibility index (Phi) is 4.75. The van der Waals surface area contributed by atoms with Crippen LogP contribution in [0.4, 0.5) is 17.5 Å². The predicted molar refractivity (Wildman–Crippen MR) is 120 cm³/mol. The highest BCUT2D eigenvalue weighted by atomic mass is 16.5. The molecule has 30 heavy (non-hydrogen) atoms. The van der Waals surface area contributed by atoms with Gasteiger partial charge in [0.25, 0.3) is 0 Å². The maximum Gasteiger partial charge on any atom is 0.230 e. The number of fused-ring (bicyclic) bond motifs is 3. The van der Waals surface area contributed by atoms with Crippen molar-refractivity contribution < 1.29 is 4.74 Å². The number of hydrogen-bond acceptors (Lipinski definition) is 6. The number of ether oxygens (including phenoxy) is 1. The number of anilines is 3. The molecule has 4 aromatic heterocycles. The standard InChI is InChI=1S/C23H26N6O/c1-15(2)19-7-6-18-5-4-17-14-24-23(27-22(17)29(18)19)26-21-9-8-20(16(3)25-21)28-10-12-30-13-11-28/h4-9,14-15H,10-13H2,1-3H3,(H,24,25,26,27). The maximum atomic E-state index is 5.45. The maximum absolute atomic E-state index is 5.45. The summed E-state index contributed by atoms with van der Waals surface area (Å²) in [5.74, 6) is 1.69. The molecule has 5 heterocycles. The molecular formula is C23H26N6O. The molecule has 1 saturated heterocycles. The molecule has 1 N–H and O–H groups in total. The van der Waals surface area contributed by atoms with Crippen molar-refractivity contribution in [2.45, 2.75) is 26.7 Å². The summed E-state index contributed by atoms with van der Waals surface area (Å²) in [7, 11) is 0. The molecule has 4 aromatic rings. The first-order valence-corrected chi connectivity index (χ1v) is 10.4. The van der Waals surface area contributed by atoms with Crippen LogP contribution < -0.4 is 10.2 Å². The van der Waals surface area contributed by atoms with E-state index in [9.17, 15) is 0 Å². The molecule has 7 nitrogen and oxygen atoms in total. The van der Waals surface area contributed by atoms with Crippen molar-refractivity contribution >= 4 is 34.0 Å². The first-order chi connectivity index (χ1) is 14.6. The summed E-state index contributed by atoms with van der Waals surface area (Å²) < 4.78 is 7.67. The Morgan fingerprint density at radius 1 is 1.00 bits per heavy atom. The fraction of sp³-hybridized carbons (Fsp3) is 0.348. The molecule has 154 valence electrons. The molecule has 0 aliphatic carbocycles. The van der Waals surface area contributed by atoms with Gasteiger partial charge in [-0.15, -0.1) is 0 Å². The summed E-state index contributed by atoms with van der Waals surface area (Å²) in [5, 5.41) is 4.29. The second-order valence-corrected chi connectivity index (χ2v) is 8.00. The molecule has 1 aliphatic heterocycles. The van der Waals surface area contributed by atoms with Gasteiger partial charge in [-0.05, 0) is 49.2 Å². The first-order valence-electron chi connectivity index (χ1n) is 10.4. The topological polar surface area (TPSA) is 67.6 Å². The number of nitrogens with zero attached hydrogens (tertiary/aromatic N) is 5. The second-order valence-electron chi connectivity index (χ2n) is 8.00. The van der Waals surface area contributed by atoms with Gasteiger partial charge in [0.05, 0.1) is 24.6 Å². The van der Waals surface area contributed by atoms with Crippen molar-refractivity contribution in [3.8, 4) is 0 Å². The number of aromatic nitrogens is 4. The van der Waals surface area contributed by atoms with Gasteiger partial charge in [-0.2, -0.15) is 4.98 Å². The quantitative estimate of drug-likeness (QED) is 0.549. The average molecular weight is 403 g/mol. The molecule has 7 heteroatoms. The lowest BCUT2D eigenvalue weighted by atomic mass is 10.1. The zero-order valence-corrected chi connectivity index (χ0v) is 17.6. The molecule has 0 unspecified atom stereocenters. The molecule has 0 aromatic carbocycles. The SMILES string of the molecule is Cc1nc(Nc2ncc3ccc4ccc(C(C)C)n4c3n2)ccc1N1CCOCC1. The van der Waals surface area contributed by atoms with E-state index in [0.29, 0.717) is 11.9 Å². The number of aryl methyl sites for hydroxylation is 1. The summed E-state index contributed by atoms with van der Waals surface area (Å²) in [4.78, 5) is 16.4. The number of morpholine rings is 1. The van der Waals surface area contributed by atoms with Gasteiger partial charge in [0.2, 0.25) is 5.95 Å². The lowest BCUT2D eigenvalue weighted by Gasteiger charge is -2.29. The number of rotatable bonds is 4. The normalized spacial score (nSPS) is 14.7. The third-order valence-electron chi connectivity index (χ3n) is 5.62. The lowest BCUT2D eigenvalue weighted by molar-refractivity contribution is 0.122. The van der Waals surface area contributed by atoms with E-state index in [1.54, 1.807) is 0 Å². The average Bonchev–Trinajstić information content (AvgIpc) is 3.20. The number of hydrogen-bond donors (Lipinski definition) is 1. The summed E-state index contributed by atoms with van der Waals surface area (Å²) in [6.45, 7) is 9.75. The van der Waals surface area contributed by atoms with Crippen molar-refractivity contribution in [1.29, 1.82) is 0 Å². The van der Waals surface area contributed by atoms with Crippen molar-refractivity contribution in [3.05, 3.63) is 54.0 Å². The fourth-order valence-electron chi connectivity index (χ4n) is 4.08. The molecule has 1 aliphatic rings. The van der Waals surface area contributed by atoms with E-state index in [1.165, 1.54) is 5.69 Å². The van der Waals surface area contributed by atoms with Gasteiger partial charge in [-0.25, -0.2) is 9.97 Å². The third-order valence-corrected chi connectivity index (χ3v) is 5.62. The molecule has 0 amide bonds. The Hall–Kier alpha value is -3.19. The van der Waals surface area contributed by atoms with Crippen LogP contribution in [0, 0.1) is 6.92 Å². The summed E-state index contributed by atoms with van der Waals surface area (Å²) in [6, 6.07) is 12.6. The predicted octanol–water partition coefficient (Wildman–Crippen LogP) is 4.29. The molecular weight excluding hydrogens is 376 g/mol. The first kappa shape index (κ1) is 18.8. The van der Waals surface area contributed by atoms with E-state index < -0.39 is 0 Å². The van der Waals surface area contributed by atoms with Crippen LogP contribution in [0.25, 0.3) is 16.6 Å². The van der Waals surface area contributed by atoms with Gasteiger partial charge in [0.15, 0.2) is 0 Å². The largest absolute Gasteiger partial charge is 0.378 e. The Bertz CT molecular complexity index is 1210. The minimum absolute atomic E-state index is 0.404. The monoisotopic (exact) mass is 402 g/mol. The molecule has 5 rings (SSSR count). The molecule has 0 spiro atoms. The van der Waals surface area contributed by atoms with Crippen LogP contribution in [0.2, 0.25) is 0 Å². The van der Waals surface area contributed by atoms with Gasteiger partial charge in [0, 0.05) is 35.9 Å². The molecule has 0 radical (unpaired) electrons. The molecule has 0 saturated carbocycles. The zero-order valence-electron chi connectivity index (χ0n) is 17.6. The van der Waals surface area contributed by atoms with E-state index in [4.69, 9.17) is 14.7 Å².